The molecule has 0 bridgehead atoms. The Bertz CT molecular complexity index is 231. The molecule has 1 aliphatic carbocycles. The van der Waals surface area contributed by atoms with E-state index in [0.29, 0.717) is 25.9 Å². The molecule has 5 nitrogen and oxygen atoms in total. The predicted molar refractivity (Wildman–Crippen MR) is 63.9 cm³/mol. The number of esters is 1. The summed E-state index contributed by atoms with van der Waals surface area (Å²) in [5, 5.41) is 3.21. The van der Waals surface area contributed by atoms with Gasteiger partial charge in [0, 0.05) is 12.6 Å². The van der Waals surface area contributed by atoms with E-state index in [-0.39, 0.29) is 18.1 Å². The molecule has 17 heavy (non-hydrogen) atoms. The number of hydrogen-bond donors (Lipinski definition) is 1. The molecule has 0 radical (unpaired) electrons. The lowest BCUT2D eigenvalue weighted by atomic mass is 10.3. The Morgan fingerprint density at radius 2 is 2.12 bits per heavy atom. The highest BCUT2D eigenvalue weighted by Gasteiger charge is 2.29. The second-order valence-electron chi connectivity index (χ2n) is 4.32. The largest absolute Gasteiger partial charge is 0.468 e. The third kappa shape index (κ3) is 6.00. The summed E-state index contributed by atoms with van der Waals surface area (Å²) < 4.78 is 15.6. The van der Waals surface area contributed by atoms with Crippen molar-refractivity contribution in [3.63, 3.8) is 0 Å². The van der Waals surface area contributed by atoms with Crippen molar-refractivity contribution in [2.75, 3.05) is 26.9 Å². The first-order valence-electron chi connectivity index (χ1n) is 6.20. The van der Waals surface area contributed by atoms with Gasteiger partial charge in [-0.05, 0) is 26.7 Å². The molecule has 0 amide bonds. The smallest absolute Gasteiger partial charge is 0.325 e. The molecule has 0 aliphatic heterocycles. The molecule has 2 atom stereocenters. The third-order valence-corrected chi connectivity index (χ3v) is 2.60. The fourth-order valence-electron chi connectivity index (χ4n) is 1.45. The lowest BCUT2D eigenvalue weighted by Crippen LogP contribution is -2.43. The fourth-order valence-corrected chi connectivity index (χ4v) is 1.45. The Hall–Kier alpha value is -0.650. The fraction of sp³-hybridized carbons (Fsp3) is 0.917. The summed E-state index contributed by atoms with van der Waals surface area (Å²) in [6, 6.07) is 0.0847. The first-order chi connectivity index (χ1) is 8.17. The van der Waals surface area contributed by atoms with Crippen LogP contribution in [0.15, 0.2) is 0 Å². The van der Waals surface area contributed by atoms with Gasteiger partial charge >= 0.3 is 5.97 Å². The quantitative estimate of drug-likeness (QED) is 0.607. The number of carbonyl (C=O) groups excluding carboxylic acids is 1. The monoisotopic (exact) mass is 245 g/mol. The molecule has 1 fully saturated rings. The van der Waals surface area contributed by atoms with Crippen LogP contribution in [-0.2, 0) is 19.0 Å². The lowest BCUT2D eigenvalue weighted by molar-refractivity contribution is -0.145. The second kappa shape index (κ2) is 7.63. The maximum Gasteiger partial charge on any atom is 0.325 e. The van der Waals surface area contributed by atoms with E-state index in [0.717, 1.165) is 12.8 Å². The van der Waals surface area contributed by atoms with Crippen LogP contribution in [0.2, 0.25) is 0 Å². The van der Waals surface area contributed by atoms with Crippen molar-refractivity contribution in [1.82, 2.24) is 5.32 Å². The Labute approximate surface area is 103 Å². The zero-order chi connectivity index (χ0) is 12.7. The summed E-state index contributed by atoms with van der Waals surface area (Å²) in [5.74, 6) is -0.263. The minimum atomic E-state index is -0.364. The zero-order valence-electron chi connectivity index (χ0n) is 10.9. The van der Waals surface area contributed by atoms with Gasteiger partial charge in [-0.3, -0.25) is 10.1 Å². The van der Waals surface area contributed by atoms with Gasteiger partial charge in [-0.2, -0.15) is 0 Å². The van der Waals surface area contributed by atoms with Crippen LogP contribution in [0.5, 0.6) is 0 Å². The third-order valence-electron chi connectivity index (χ3n) is 2.60. The molecule has 1 rings (SSSR count). The van der Waals surface area contributed by atoms with Gasteiger partial charge in [0.2, 0.25) is 0 Å². The van der Waals surface area contributed by atoms with E-state index in [9.17, 15) is 4.79 Å². The number of carbonyl (C=O) groups is 1. The second-order valence-corrected chi connectivity index (χ2v) is 4.32. The van der Waals surface area contributed by atoms with Crippen molar-refractivity contribution in [3.8, 4) is 0 Å². The van der Waals surface area contributed by atoms with E-state index in [4.69, 9.17) is 14.2 Å². The number of nitrogens with one attached hydrogen (secondary N) is 1. The summed E-state index contributed by atoms with van der Waals surface area (Å²) in [6.07, 6.45) is 2.24. The molecule has 1 N–H and O–H groups in total. The van der Waals surface area contributed by atoms with Gasteiger partial charge in [-0.15, -0.1) is 0 Å². The molecule has 100 valence electrons. The van der Waals surface area contributed by atoms with Crippen molar-refractivity contribution in [1.29, 1.82) is 0 Å². The molecule has 1 aliphatic rings. The van der Waals surface area contributed by atoms with Crippen molar-refractivity contribution in [2.24, 2.45) is 0 Å². The minimum absolute atomic E-state index is 0.0110. The van der Waals surface area contributed by atoms with Crippen LogP contribution in [0, 0.1) is 0 Å². The van der Waals surface area contributed by atoms with Crippen LogP contribution in [0.3, 0.4) is 0 Å². The van der Waals surface area contributed by atoms with Crippen molar-refractivity contribution in [3.05, 3.63) is 0 Å². The number of methoxy groups -OCH3 is 1. The maximum atomic E-state index is 11.5. The van der Waals surface area contributed by atoms with Gasteiger partial charge in [0.05, 0.1) is 26.4 Å². The average molecular weight is 245 g/mol. The van der Waals surface area contributed by atoms with Gasteiger partial charge in [-0.1, -0.05) is 0 Å². The predicted octanol–water partition coefficient (Wildman–Crippen LogP) is 0.722. The van der Waals surface area contributed by atoms with E-state index in [1.165, 1.54) is 7.11 Å². The molecule has 0 aromatic rings. The Kier molecular flexibility index (Phi) is 6.47. The van der Waals surface area contributed by atoms with Gasteiger partial charge in [0.1, 0.15) is 6.04 Å². The number of hydrogen-bond acceptors (Lipinski definition) is 5. The minimum Gasteiger partial charge on any atom is -0.468 e. The van der Waals surface area contributed by atoms with E-state index >= 15 is 0 Å². The summed E-state index contributed by atoms with van der Waals surface area (Å²) in [4.78, 5) is 11.5. The number of rotatable bonds is 9. The molecule has 0 heterocycles. The van der Waals surface area contributed by atoms with Crippen LogP contribution in [0.4, 0.5) is 0 Å². The summed E-state index contributed by atoms with van der Waals surface area (Å²) in [7, 11) is 1.40. The summed E-state index contributed by atoms with van der Waals surface area (Å²) >= 11 is 0. The van der Waals surface area contributed by atoms with Crippen LogP contribution in [0.1, 0.15) is 26.7 Å². The zero-order valence-corrected chi connectivity index (χ0v) is 10.9. The van der Waals surface area contributed by atoms with E-state index < -0.39 is 0 Å². The van der Waals surface area contributed by atoms with Gasteiger partial charge in [0.25, 0.3) is 0 Å². The van der Waals surface area contributed by atoms with E-state index in [1.807, 2.05) is 13.8 Å². The van der Waals surface area contributed by atoms with Crippen LogP contribution < -0.4 is 5.32 Å². The van der Waals surface area contributed by atoms with E-state index in [2.05, 4.69) is 5.32 Å². The highest BCUT2D eigenvalue weighted by Crippen LogP contribution is 2.19. The molecular weight excluding hydrogens is 222 g/mol. The molecule has 2 unspecified atom stereocenters. The van der Waals surface area contributed by atoms with Gasteiger partial charge < -0.3 is 14.2 Å². The van der Waals surface area contributed by atoms with Crippen LogP contribution >= 0.6 is 0 Å². The van der Waals surface area contributed by atoms with Crippen molar-refractivity contribution >= 4 is 5.97 Å². The maximum absolute atomic E-state index is 11.5. The Morgan fingerprint density at radius 3 is 2.65 bits per heavy atom. The Balaban J connectivity index is 2.24. The average Bonchev–Trinajstić information content (AvgIpc) is 3.14. The van der Waals surface area contributed by atoms with Crippen molar-refractivity contribution in [2.45, 2.75) is 44.9 Å². The molecule has 0 saturated heterocycles. The van der Waals surface area contributed by atoms with Crippen LogP contribution in [0.25, 0.3) is 0 Å². The highest BCUT2D eigenvalue weighted by atomic mass is 16.5. The Morgan fingerprint density at radius 1 is 1.41 bits per heavy atom. The van der Waals surface area contributed by atoms with Gasteiger partial charge in [-0.25, -0.2) is 0 Å². The molecule has 0 spiro atoms. The molecule has 5 heteroatoms. The van der Waals surface area contributed by atoms with Crippen LogP contribution in [-0.4, -0.2) is 51.1 Å². The molecule has 1 saturated carbocycles. The summed E-state index contributed by atoms with van der Waals surface area (Å²) in [5.41, 5.74) is 0. The van der Waals surface area contributed by atoms with E-state index in [1.54, 1.807) is 0 Å². The topological polar surface area (TPSA) is 56.8 Å². The lowest BCUT2D eigenvalue weighted by Gasteiger charge is -2.19. The highest BCUT2D eigenvalue weighted by molar-refractivity contribution is 5.75. The first-order valence-corrected chi connectivity index (χ1v) is 6.20. The number of ether oxygens (including phenoxy) is 3. The normalized spacial score (nSPS) is 18.8. The van der Waals surface area contributed by atoms with Gasteiger partial charge in [0.15, 0.2) is 0 Å². The first kappa shape index (κ1) is 14.4. The molecular formula is C12H23NO4. The SMILES string of the molecule is CCOCC(C)OCC(NC1CC1)C(=O)OC. The molecule has 0 aromatic heterocycles. The van der Waals surface area contributed by atoms with Crippen molar-refractivity contribution < 1.29 is 19.0 Å². The summed E-state index contributed by atoms with van der Waals surface area (Å²) in [6.45, 7) is 5.43. The molecule has 0 aromatic carbocycles. The standard InChI is InChI=1S/C12H23NO4/c1-4-16-7-9(2)17-8-11(12(14)15-3)13-10-5-6-10/h9-11,13H,4-8H2,1-3H3.